The van der Waals surface area contributed by atoms with Crippen molar-refractivity contribution in [3.05, 3.63) is 38.3 Å². The molecule has 1 fully saturated rings. The summed E-state index contributed by atoms with van der Waals surface area (Å²) in [6.07, 6.45) is 2.03. The van der Waals surface area contributed by atoms with E-state index in [0.29, 0.717) is 16.0 Å². The lowest BCUT2D eigenvalue weighted by atomic mass is 9.83. The number of nitro benzene ring substituents is 1. The van der Waals surface area contributed by atoms with E-state index in [-0.39, 0.29) is 5.69 Å². The normalized spacial score (nSPS) is 16.3. The minimum atomic E-state index is -0.549. The Labute approximate surface area is 137 Å². The van der Waals surface area contributed by atoms with Crippen LogP contribution >= 0.6 is 15.9 Å². The van der Waals surface area contributed by atoms with Gasteiger partial charge in [0.25, 0.3) is 5.69 Å². The summed E-state index contributed by atoms with van der Waals surface area (Å²) in [5, 5.41) is 13.0. The Morgan fingerprint density at radius 3 is 2.59 bits per heavy atom. The Kier molecular flexibility index (Phi) is 5.18. The van der Waals surface area contributed by atoms with E-state index in [4.69, 9.17) is 4.74 Å². The Bertz CT molecular complexity index is 583. The molecule has 1 heterocycles. The number of ether oxygens (including phenoxy) is 1. The zero-order chi connectivity index (χ0) is 16.3. The van der Waals surface area contributed by atoms with Gasteiger partial charge in [-0.3, -0.25) is 10.1 Å². The van der Waals surface area contributed by atoms with Crippen LogP contribution in [0.2, 0.25) is 0 Å². The van der Waals surface area contributed by atoms with Crippen molar-refractivity contribution in [3.8, 4) is 0 Å². The summed E-state index contributed by atoms with van der Waals surface area (Å²) in [6.45, 7) is 5.96. The molecular formula is C15H20BrN2O4+. The van der Waals surface area contributed by atoms with Crippen LogP contribution in [0.4, 0.5) is 5.69 Å². The first-order chi connectivity index (χ1) is 10.3. The molecule has 0 radical (unpaired) electrons. The highest BCUT2D eigenvalue weighted by Gasteiger charge is 2.36. The minimum Gasteiger partial charge on any atom is -0.456 e. The summed E-state index contributed by atoms with van der Waals surface area (Å²) >= 11 is 3.21. The van der Waals surface area contributed by atoms with Gasteiger partial charge in [-0.05, 0) is 35.8 Å². The Morgan fingerprint density at radius 2 is 2.05 bits per heavy atom. The van der Waals surface area contributed by atoms with Crippen molar-refractivity contribution in [1.82, 2.24) is 0 Å². The smallest absolute Gasteiger partial charge is 0.339 e. The van der Waals surface area contributed by atoms with Crippen LogP contribution in [0, 0.1) is 16.0 Å². The predicted molar refractivity (Wildman–Crippen MR) is 84.7 cm³/mol. The van der Waals surface area contributed by atoms with Gasteiger partial charge in [-0.1, -0.05) is 0 Å². The van der Waals surface area contributed by atoms with Crippen LogP contribution in [-0.2, 0) is 4.74 Å². The lowest BCUT2D eigenvalue weighted by Crippen LogP contribution is -2.86. The third-order valence-electron chi connectivity index (χ3n) is 4.16. The SMILES string of the molecule is CC(C)(OC(=O)c1ccc([N+](=O)[O-])cc1Br)C1CC[NH2+]CC1. The maximum atomic E-state index is 12.4. The number of non-ortho nitro benzene ring substituents is 1. The molecule has 2 rings (SSSR count). The molecule has 2 N–H and O–H groups in total. The zero-order valence-corrected chi connectivity index (χ0v) is 14.3. The van der Waals surface area contributed by atoms with E-state index in [2.05, 4.69) is 21.2 Å². The van der Waals surface area contributed by atoms with E-state index < -0.39 is 16.5 Å². The highest BCUT2D eigenvalue weighted by atomic mass is 79.9. The van der Waals surface area contributed by atoms with E-state index in [1.54, 1.807) is 0 Å². The molecule has 1 aliphatic heterocycles. The number of halogens is 1. The van der Waals surface area contributed by atoms with Crippen molar-refractivity contribution in [2.45, 2.75) is 32.3 Å². The van der Waals surface area contributed by atoms with Crippen LogP contribution in [0.1, 0.15) is 37.0 Å². The fourth-order valence-electron chi connectivity index (χ4n) is 2.78. The number of quaternary nitrogens is 1. The summed E-state index contributed by atoms with van der Waals surface area (Å²) in [7, 11) is 0. The van der Waals surface area contributed by atoms with Gasteiger partial charge in [0.15, 0.2) is 0 Å². The van der Waals surface area contributed by atoms with Gasteiger partial charge >= 0.3 is 5.97 Å². The molecule has 1 aromatic carbocycles. The lowest BCUT2D eigenvalue weighted by Gasteiger charge is -2.35. The maximum absolute atomic E-state index is 12.4. The Balaban J connectivity index is 2.12. The van der Waals surface area contributed by atoms with Crippen molar-refractivity contribution in [3.63, 3.8) is 0 Å². The first-order valence-corrected chi connectivity index (χ1v) is 8.09. The number of piperidine rings is 1. The van der Waals surface area contributed by atoms with Crippen molar-refractivity contribution < 1.29 is 19.8 Å². The number of benzene rings is 1. The van der Waals surface area contributed by atoms with E-state index in [9.17, 15) is 14.9 Å². The average molecular weight is 372 g/mol. The van der Waals surface area contributed by atoms with Crippen molar-refractivity contribution >= 4 is 27.6 Å². The molecular weight excluding hydrogens is 352 g/mol. The molecule has 0 atom stereocenters. The van der Waals surface area contributed by atoms with Crippen LogP contribution in [0.5, 0.6) is 0 Å². The largest absolute Gasteiger partial charge is 0.456 e. The summed E-state index contributed by atoms with van der Waals surface area (Å²) in [6, 6.07) is 4.05. The molecule has 0 saturated carbocycles. The quantitative estimate of drug-likeness (QED) is 0.499. The van der Waals surface area contributed by atoms with Crippen molar-refractivity contribution in [2.75, 3.05) is 13.1 Å². The monoisotopic (exact) mass is 371 g/mol. The Hall–Kier alpha value is -1.47. The molecule has 0 unspecified atom stereocenters. The van der Waals surface area contributed by atoms with Crippen LogP contribution in [0.3, 0.4) is 0 Å². The van der Waals surface area contributed by atoms with Gasteiger partial charge in [0, 0.05) is 35.4 Å². The highest BCUT2D eigenvalue weighted by molar-refractivity contribution is 9.10. The second-order valence-electron chi connectivity index (χ2n) is 6.05. The number of rotatable bonds is 4. The van der Waals surface area contributed by atoms with Crippen LogP contribution < -0.4 is 5.32 Å². The highest BCUT2D eigenvalue weighted by Crippen LogP contribution is 2.30. The molecule has 0 aliphatic carbocycles. The molecule has 7 heteroatoms. The second-order valence-corrected chi connectivity index (χ2v) is 6.91. The molecule has 0 spiro atoms. The van der Waals surface area contributed by atoms with Gasteiger partial charge in [-0.2, -0.15) is 0 Å². The van der Waals surface area contributed by atoms with Gasteiger partial charge in [0.2, 0.25) is 0 Å². The summed E-state index contributed by atoms with van der Waals surface area (Å²) in [5.74, 6) is -0.125. The Morgan fingerprint density at radius 1 is 1.41 bits per heavy atom. The molecule has 1 aromatic rings. The van der Waals surface area contributed by atoms with E-state index in [0.717, 1.165) is 25.9 Å². The van der Waals surface area contributed by atoms with Gasteiger partial charge in [0.1, 0.15) is 5.60 Å². The van der Waals surface area contributed by atoms with Crippen LogP contribution in [0.15, 0.2) is 22.7 Å². The maximum Gasteiger partial charge on any atom is 0.339 e. The number of esters is 1. The molecule has 0 bridgehead atoms. The fraction of sp³-hybridized carbons (Fsp3) is 0.533. The number of hydrogen-bond acceptors (Lipinski definition) is 4. The predicted octanol–water partition coefficient (Wildman–Crippen LogP) is 2.27. The number of nitro groups is 1. The number of nitrogens with zero attached hydrogens (tertiary/aromatic N) is 1. The van der Waals surface area contributed by atoms with Crippen molar-refractivity contribution in [1.29, 1.82) is 0 Å². The summed E-state index contributed by atoms with van der Waals surface area (Å²) in [5.41, 5.74) is -0.307. The van der Waals surface area contributed by atoms with Gasteiger partial charge in [-0.25, -0.2) is 4.79 Å². The molecule has 0 aromatic heterocycles. The molecule has 120 valence electrons. The van der Waals surface area contributed by atoms with E-state index in [1.165, 1.54) is 18.2 Å². The van der Waals surface area contributed by atoms with Gasteiger partial charge in [-0.15, -0.1) is 0 Å². The first-order valence-electron chi connectivity index (χ1n) is 7.30. The van der Waals surface area contributed by atoms with E-state index in [1.807, 2.05) is 13.8 Å². The molecule has 1 saturated heterocycles. The summed E-state index contributed by atoms with van der Waals surface area (Å²) in [4.78, 5) is 22.6. The molecule has 22 heavy (non-hydrogen) atoms. The molecule has 6 nitrogen and oxygen atoms in total. The third kappa shape index (κ3) is 3.84. The van der Waals surface area contributed by atoms with E-state index >= 15 is 0 Å². The van der Waals surface area contributed by atoms with Crippen LogP contribution in [0.25, 0.3) is 0 Å². The standard InChI is InChI=1S/C15H19BrN2O4/c1-15(2,10-5-7-17-8-6-10)22-14(19)12-4-3-11(18(20)21)9-13(12)16/h3-4,9-10,17H,5-8H2,1-2H3/p+1. The zero-order valence-electron chi connectivity index (χ0n) is 12.7. The minimum absolute atomic E-state index is 0.0643. The van der Waals surface area contributed by atoms with Crippen molar-refractivity contribution in [2.24, 2.45) is 5.92 Å². The fourth-order valence-corrected chi connectivity index (χ4v) is 3.31. The molecule has 1 aliphatic rings. The summed E-state index contributed by atoms with van der Waals surface area (Å²) < 4.78 is 6.07. The third-order valence-corrected chi connectivity index (χ3v) is 4.82. The second kappa shape index (κ2) is 6.75. The average Bonchev–Trinajstić information content (AvgIpc) is 2.47. The lowest BCUT2D eigenvalue weighted by molar-refractivity contribution is -0.665. The first kappa shape index (κ1) is 16.9. The van der Waals surface area contributed by atoms with Gasteiger partial charge < -0.3 is 10.1 Å². The van der Waals surface area contributed by atoms with Crippen LogP contribution in [-0.4, -0.2) is 29.6 Å². The number of carbonyl (C=O) groups is 1. The number of nitrogens with two attached hydrogens (primary N) is 1. The van der Waals surface area contributed by atoms with Gasteiger partial charge in [0.05, 0.1) is 23.6 Å². The number of hydrogen-bond donors (Lipinski definition) is 1. The number of carbonyl (C=O) groups excluding carboxylic acids is 1. The topological polar surface area (TPSA) is 86.0 Å². The molecule has 0 amide bonds.